The largest absolute Gasteiger partial charge is 0.465 e. The maximum Gasteiger partial charge on any atom is 0.332 e. The fourth-order valence-corrected chi connectivity index (χ4v) is 3.23. The number of carbonyl (C=O) groups excluding carboxylic acids is 2. The lowest BCUT2D eigenvalue weighted by molar-refractivity contribution is -0.153. The molecule has 2 rings (SSSR count). The molecule has 0 bridgehead atoms. The summed E-state index contributed by atoms with van der Waals surface area (Å²) in [7, 11) is 0. The van der Waals surface area contributed by atoms with Crippen LogP contribution in [0.4, 0.5) is 0 Å². The molecule has 0 saturated heterocycles. The van der Waals surface area contributed by atoms with Crippen LogP contribution in [0.5, 0.6) is 5.19 Å². The van der Waals surface area contributed by atoms with Crippen LogP contribution in [0.25, 0.3) is 0 Å². The number of carbonyl (C=O) groups is 1. The molecule has 7 heteroatoms. The predicted molar refractivity (Wildman–Crippen MR) is 99.4 cm³/mol. The lowest BCUT2D eigenvalue weighted by atomic mass is 9.87. The van der Waals surface area contributed by atoms with Gasteiger partial charge in [-0.05, 0) is 17.9 Å². The Kier molecular flexibility index (Phi) is 7.09. The van der Waals surface area contributed by atoms with E-state index < -0.39 is 11.5 Å². The summed E-state index contributed by atoms with van der Waals surface area (Å²) in [5, 5.41) is 2.02. The van der Waals surface area contributed by atoms with Crippen LogP contribution in [0.15, 0.2) is 41.8 Å². The standard InChI is InChI=1S/C19H22N2O4S/c1-14(2)11-19(20,16-13-26-18(21-16)24-10-6-9-22)17(23)25-12-15-7-4-3-5-8-15/h3-8,13-14H,10-12,20H2,1-2H3. The summed E-state index contributed by atoms with van der Waals surface area (Å²) >= 11 is 1.21. The van der Waals surface area contributed by atoms with Gasteiger partial charge in [-0.15, -0.1) is 0 Å². The van der Waals surface area contributed by atoms with Gasteiger partial charge in [-0.25, -0.2) is 14.6 Å². The first kappa shape index (κ1) is 19.8. The Balaban J connectivity index is 2.15. The Bertz CT molecular complexity index is 769. The highest BCUT2D eigenvalue weighted by Gasteiger charge is 2.41. The average Bonchev–Trinajstić information content (AvgIpc) is 3.09. The fourth-order valence-electron chi connectivity index (χ4n) is 2.46. The Morgan fingerprint density at radius 1 is 1.38 bits per heavy atom. The number of hydrogen-bond donors (Lipinski definition) is 1. The highest BCUT2D eigenvalue weighted by molar-refractivity contribution is 7.11. The lowest BCUT2D eigenvalue weighted by Crippen LogP contribution is -2.47. The number of rotatable bonds is 9. The van der Waals surface area contributed by atoms with Gasteiger partial charge in [0, 0.05) is 11.5 Å². The smallest absolute Gasteiger partial charge is 0.332 e. The zero-order valence-electron chi connectivity index (χ0n) is 14.8. The van der Waals surface area contributed by atoms with Crippen LogP contribution in [0.2, 0.25) is 0 Å². The van der Waals surface area contributed by atoms with Crippen LogP contribution in [0.1, 0.15) is 31.5 Å². The summed E-state index contributed by atoms with van der Waals surface area (Å²) < 4.78 is 10.8. The Hall–Kier alpha value is -2.47. The third-order valence-corrected chi connectivity index (χ3v) is 4.37. The van der Waals surface area contributed by atoms with Gasteiger partial charge in [0.2, 0.25) is 0 Å². The van der Waals surface area contributed by atoms with Gasteiger partial charge < -0.3 is 15.2 Å². The molecule has 2 N–H and O–H groups in total. The first-order valence-electron chi connectivity index (χ1n) is 8.24. The summed E-state index contributed by atoms with van der Waals surface area (Å²) in [5.41, 5.74) is 6.37. The van der Waals surface area contributed by atoms with Gasteiger partial charge in [0.1, 0.15) is 19.2 Å². The predicted octanol–water partition coefficient (Wildman–Crippen LogP) is 2.85. The molecule has 1 unspecified atom stereocenters. The van der Waals surface area contributed by atoms with Crippen LogP contribution in [-0.4, -0.2) is 23.5 Å². The van der Waals surface area contributed by atoms with E-state index in [-0.39, 0.29) is 19.1 Å². The molecule has 2 aromatic rings. The normalized spacial score (nSPS) is 12.9. The second-order valence-electron chi connectivity index (χ2n) is 6.26. The Labute approximate surface area is 156 Å². The molecule has 1 heterocycles. The Morgan fingerprint density at radius 2 is 2.12 bits per heavy atom. The van der Waals surface area contributed by atoms with Gasteiger partial charge in [-0.1, -0.05) is 55.5 Å². The SMILES string of the molecule is CC(C)CC(N)(C(=O)OCc1ccccc1)c1csc(OCC=C=O)n1. The van der Waals surface area contributed by atoms with Gasteiger partial charge in [-0.2, -0.15) is 0 Å². The van der Waals surface area contributed by atoms with Crippen molar-refractivity contribution in [2.75, 3.05) is 6.61 Å². The third kappa shape index (κ3) is 5.26. The first-order chi connectivity index (χ1) is 12.5. The molecular weight excluding hydrogens is 352 g/mol. The highest BCUT2D eigenvalue weighted by Crippen LogP contribution is 2.31. The molecule has 0 saturated carbocycles. The molecule has 0 aliphatic rings. The molecular formula is C19H22N2O4S. The monoisotopic (exact) mass is 374 g/mol. The van der Waals surface area contributed by atoms with E-state index in [1.807, 2.05) is 44.2 Å². The molecule has 1 aromatic heterocycles. The van der Waals surface area contributed by atoms with Crippen molar-refractivity contribution in [3.05, 3.63) is 53.0 Å². The summed E-state index contributed by atoms with van der Waals surface area (Å²) in [6.45, 7) is 4.17. The van der Waals surface area contributed by atoms with Crippen molar-refractivity contribution in [1.29, 1.82) is 0 Å². The number of nitrogens with zero attached hydrogens (tertiary/aromatic N) is 1. The van der Waals surface area contributed by atoms with Crippen molar-refractivity contribution in [2.24, 2.45) is 11.7 Å². The lowest BCUT2D eigenvalue weighted by Gasteiger charge is -2.27. The molecule has 26 heavy (non-hydrogen) atoms. The highest BCUT2D eigenvalue weighted by atomic mass is 32.1. The van der Waals surface area contributed by atoms with E-state index >= 15 is 0 Å². The molecule has 0 fully saturated rings. The van der Waals surface area contributed by atoms with E-state index in [1.54, 1.807) is 11.3 Å². The van der Waals surface area contributed by atoms with Crippen LogP contribution < -0.4 is 10.5 Å². The van der Waals surface area contributed by atoms with E-state index in [0.29, 0.717) is 17.3 Å². The van der Waals surface area contributed by atoms with Crippen molar-refractivity contribution in [3.63, 3.8) is 0 Å². The number of thiazole rings is 1. The number of benzene rings is 1. The number of hydrogen-bond acceptors (Lipinski definition) is 7. The molecule has 138 valence electrons. The van der Waals surface area contributed by atoms with E-state index in [9.17, 15) is 9.59 Å². The summed E-state index contributed by atoms with van der Waals surface area (Å²) in [6.07, 6.45) is 1.59. The van der Waals surface area contributed by atoms with Gasteiger partial charge in [0.05, 0.1) is 5.69 Å². The van der Waals surface area contributed by atoms with Crippen molar-refractivity contribution < 1.29 is 19.1 Å². The van der Waals surface area contributed by atoms with Crippen molar-refractivity contribution in [3.8, 4) is 5.19 Å². The minimum Gasteiger partial charge on any atom is -0.465 e. The molecule has 1 aromatic carbocycles. The quantitative estimate of drug-likeness (QED) is 0.536. The zero-order valence-corrected chi connectivity index (χ0v) is 15.6. The van der Waals surface area contributed by atoms with Gasteiger partial charge in [-0.3, -0.25) is 0 Å². The third-order valence-electron chi connectivity index (χ3n) is 3.62. The number of aromatic nitrogens is 1. The minimum atomic E-state index is -1.36. The zero-order chi connectivity index (χ0) is 19.0. The molecule has 0 aliphatic carbocycles. The van der Waals surface area contributed by atoms with Crippen molar-refractivity contribution >= 4 is 23.2 Å². The molecule has 0 aliphatic heterocycles. The molecule has 1 atom stereocenters. The fraction of sp³-hybridized carbons (Fsp3) is 0.368. The van der Waals surface area contributed by atoms with Gasteiger partial charge >= 0.3 is 5.97 Å². The van der Waals surface area contributed by atoms with E-state index in [1.165, 1.54) is 17.4 Å². The summed E-state index contributed by atoms with van der Waals surface area (Å²) in [5.74, 6) is 1.26. The van der Waals surface area contributed by atoms with Crippen molar-refractivity contribution in [2.45, 2.75) is 32.4 Å². The molecule has 0 radical (unpaired) electrons. The van der Waals surface area contributed by atoms with Crippen LogP contribution in [-0.2, 0) is 26.5 Å². The molecule has 6 nitrogen and oxygen atoms in total. The van der Waals surface area contributed by atoms with Crippen LogP contribution in [0, 0.1) is 5.92 Å². The second-order valence-corrected chi connectivity index (χ2v) is 7.08. The molecule has 0 spiro atoms. The van der Waals surface area contributed by atoms with E-state index in [0.717, 1.165) is 5.56 Å². The summed E-state index contributed by atoms with van der Waals surface area (Å²) in [4.78, 5) is 27.3. The minimum absolute atomic E-state index is 0.0661. The topological polar surface area (TPSA) is 91.5 Å². The van der Waals surface area contributed by atoms with Crippen LogP contribution in [0.3, 0.4) is 0 Å². The van der Waals surface area contributed by atoms with Crippen LogP contribution >= 0.6 is 11.3 Å². The van der Waals surface area contributed by atoms with E-state index in [4.69, 9.17) is 15.2 Å². The van der Waals surface area contributed by atoms with Crippen molar-refractivity contribution in [1.82, 2.24) is 4.98 Å². The number of nitrogens with two attached hydrogens (primary N) is 1. The van der Waals surface area contributed by atoms with Gasteiger partial charge in [0.15, 0.2) is 5.54 Å². The maximum atomic E-state index is 12.8. The second kappa shape index (κ2) is 9.29. The summed E-state index contributed by atoms with van der Waals surface area (Å²) in [6, 6.07) is 9.41. The maximum absolute atomic E-state index is 12.8. The van der Waals surface area contributed by atoms with E-state index in [2.05, 4.69) is 4.98 Å². The van der Waals surface area contributed by atoms with Gasteiger partial charge in [0.25, 0.3) is 5.19 Å². The Morgan fingerprint density at radius 3 is 2.77 bits per heavy atom. The first-order valence-corrected chi connectivity index (χ1v) is 9.12. The number of ether oxygens (including phenoxy) is 2. The average molecular weight is 374 g/mol. The molecule has 0 amide bonds. The number of esters is 1.